The van der Waals surface area contributed by atoms with E-state index >= 15 is 0 Å². The highest BCUT2D eigenvalue weighted by Crippen LogP contribution is 1.83. The van der Waals surface area contributed by atoms with Crippen molar-refractivity contribution < 1.29 is 0 Å². The summed E-state index contributed by atoms with van der Waals surface area (Å²) >= 11 is 0. The molecule has 0 heterocycles. The Hall–Kier alpha value is -0.823. The number of rotatable bonds is 3. The second-order valence-electron chi connectivity index (χ2n) is 2.57. The van der Waals surface area contributed by atoms with Crippen LogP contribution < -0.4 is 5.19 Å². The van der Waals surface area contributed by atoms with Gasteiger partial charge in [0, 0.05) is 0 Å². The third kappa shape index (κ3) is 3.19. The summed E-state index contributed by atoms with van der Waals surface area (Å²) in [6.07, 6.45) is 3.43. The maximum absolute atomic E-state index is 2.36. The van der Waals surface area contributed by atoms with Crippen molar-refractivity contribution in [3.8, 4) is 0 Å². The van der Waals surface area contributed by atoms with E-state index in [0.29, 0.717) is 0 Å². The monoisotopic (exact) mass is 162 g/mol. The molecule has 58 valence electrons. The number of hydrogen-bond donors (Lipinski definition) is 0. The fourth-order valence-corrected chi connectivity index (χ4v) is 2.32. The van der Waals surface area contributed by atoms with Crippen molar-refractivity contribution in [3.63, 3.8) is 0 Å². The van der Waals surface area contributed by atoms with Crippen LogP contribution >= 0.6 is 0 Å². The molecule has 1 rings (SSSR count). The summed E-state index contributed by atoms with van der Waals surface area (Å²) in [5.41, 5.74) is 2.36. The Balaban J connectivity index is 2.45. The lowest BCUT2D eigenvalue weighted by molar-refractivity contribution is 1.23. The molecule has 0 saturated heterocycles. The first-order valence-corrected chi connectivity index (χ1v) is 5.64. The van der Waals surface area contributed by atoms with Gasteiger partial charge in [-0.1, -0.05) is 48.5 Å². The maximum Gasteiger partial charge on any atom is 0.0779 e. The molecule has 0 saturated carbocycles. The zero-order chi connectivity index (χ0) is 7.94. The Morgan fingerprint density at radius 1 is 1.27 bits per heavy atom. The fourth-order valence-electron chi connectivity index (χ4n) is 1.00. The Kier molecular flexibility index (Phi) is 3.69. The van der Waals surface area contributed by atoms with E-state index in [1.807, 2.05) is 0 Å². The van der Waals surface area contributed by atoms with Gasteiger partial charge in [0.25, 0.3) is 0 Å². The van der Waals surface area contributed by atoms with Crippen molar-refractivity contribution in [3.05, 3.63) is 42.1 Å². The molecule has 0 atom stereocenters. The third-order valence-corrected chi connectivity index (χ3v) is 3.11. The van der Waals surface area contributed by atoms with Crippen LogP contribution in [-0.2, 0) is 0 Å². The van der Waals surface area contributed by atoms with Crippen molar-refractivity contribution in [1.82, 2.24) is 0 Å². The summed E-state index contributed by atoms with van der Waals surface area (Å²) in [5.74, 6) is 0. The zero-order valence-corrected chi connectivity index (χ0v) is 8.37. The van der Waals surface area contributed by atoms with Crippen LogP contribution in [0.2, 0.25) is 0 Å². The molecule has 0 radical (unpaired) electrons. The minimum absolute atomic E-state index is 0.103. The first kappa shape index (κ1) is 8.28. The second kappa shape index (κ2) is 4.91. The maximum atomic E-state index is 2.36. The first-order valence-electron chi connectivity index (χ1n) is 4.12. The SMILES string of the molecule is CCC=C[SiH2]c1ccccc1. The fraction of sp³-hybridized carbons (Fsp3) is 0.200. The van der Waals surface area contributed by atoms with Gasteiger partial charge in [0.1, 0.15) is 0 Å². The summed E-state index contributed by atoms with van der Waals surface area (Å²) in [5, 5.41) is 1.53. The minimum Gasteiger partial charge on any atom is -0.100 e. The van der Waals surface area contributed by atoms with Crippen LogP contribution in [0, 0.1) is 0 Å². The van der Waals surface area contributed by atoms with Crippen molar-refractivity contribution in [2.75, 3.05) is 0 Å². The quantitative estimate of drug-likeness (QED) is 0.589. The smallest absolute Gasteiger partial charge is 0.0779 e. The van der Waals surface area contributed by atoms with Crippen LogP contribution in [0.1, 0.15) is 13.3 Å². The second-order valence-corrected chi connectivity index (χ2v) is 4.27. The summed E-state index contributed by atoms with van der Waals surface area (Å²) in [4.78, 5) is 0. The molecule has 0 amide bonds. The van der Waals surface area contributed by atoms with Gasteiger partial charge in [0.05, 0.1) is 9.52 Å². The standard InChI is InChI=1S/C10H14Si/c1-2-3-9-11-10-7-5-4-6-8-10/h3-9H,2,11H2,1H3. The lowest BCUT2D eigenvalue weighted by Gasteiger charge is -1.91. The molecular formula is C10H14Si. The van der Waals surface area contributed by atoms with Gasteiger partial charge >= 0.3 is 0 Å². The average Bonchev–Trinajstić information content (AvgIpc) is 2.07. The van der Waals surface area contributed by atoms with Crippen molar-refractivity contribution in [2.45, 2.75) is 13.3 Å². The lowest BCUT2D eigenvalue weighted by Crippen LogP contribution is -2.09. The van der Waals surface area contributed by atoms with Gasteiger partial charge in [-0.25, -0.2) is 0 Å². The number of allylic oxidation sites excluding steroid dienone is 1. The van der Waals surface area contributed by atoms with Crippen LogP contribution in [0.4, 0.5) is 0 Å². The highest BCUT2D eigenvalue weighted by Gasteiger charge is 1.84. The molecule has 1 aromatic rings. The molecule has 0 spiro atoms. The Bertz CT molecular complexity index is 214. The Morgan fingerprint density at radius 2 is 2.00 bits per heavy atom. The van der Waals surface area contributed by atoms with Gasteiger partial charge in [0.2, 0.25) is 0 Å². The van der Waals surface area contributed by atoms with Gasteiger partial charge in [-0.15, -0.1) is 5.70 Å². The molecule has 0 aromatic heterocycles. The lowest BCUT2D eigenvalue weighted by atomic mass is 10.4. The first-order chi connectivity index (χ1) is 5.43. The average molecular weight is 162 g/mol. The molecule has 1 aromatic carbocycles. The molecule has 0 fully saturated rings. The molecule has 0 aliphatic rings. The summed E-state index contributed by atoms with van der Waals surface area (Å²) in [7, 11) is -0.103. The third-order valence-electron chi connectivity index (χ3n) is 1.60. The van der Waals surface area contributed by atoms with E-state index in [1.54, 1.807) is 0 Å². The molecule has 0 nitrogen and oxygen atoms in total. The van der Waals surface area contributed by atoms with Crippen molar-refractivity contribution in [2.24, 2.45) is 0 Å². The Labute approximate surface area is 70.8 Å². The summed E-state index contributed by atoms with van der Waals surface area (Å²) < 4.78 is 0. The molecule has 1 heteroatoms. The van der Waals surface area contributed by atoms with E-state index < -0.39 is 0 Å². The van der Waals surface area contributed by atoms with Crippen molar-refractivity contribution in [1.29, 1.82) is 0 Å². The van der Waals surface area contributed by atoms with Crippen LogP contribution in [0.5, 0.6) is 0 Å². The predicted octanol–water partition coefficient (Wildman–Crippen LogP) is 1.40. The summed E-state index contributed by atoms with van der Waals surface area (Å²) in [6.45, 7) is 2.18. The van der Waals surface area contributed by atoms with Crippen molar-refractivity contribution >= 4 is 14.7 Å². The van der Waals surface area contributed by atoms with Gasteiger partial charge in [-0.3, -0.25) is 0 Å². The topological polar surface area (TPSA) is 0 Å². The molecule has 0 N–H and O–H groups in total. The molecule has 0 aliphatic carbocycles. The Morgan fingerprint density at radius 3 is 2.64 bits per heavy atom. The van der Waals surface area contributed by atoms with E-state index in [0.717, 1.165) is 0 Å². The van der Waals surface area contributed by atoms with Gasteiger partial charge < -0.3 is 0 Å². The van der Waals surface area contributed by atoms with Crippen LogP contribution in [0.15, 0.2) is 42.1 Å². The van der Waals surface area contributed by atoms with E-state index in [-0.39, 0.29) is 9.52 Å². The predicted molar refractivity (Wildman–Crippen MR) is 54.1 cm³/mol. The van der Waals surface area contributed by atoms with E-state index in [4.69, 9.17) is 0 Å². The molecular weight excluding hydrogens is 148 g/mol. The van der Waals surface area contributed by atoms with E-state index in [1.165, 1.54) is 11.6 Å². The van der Waals surface area contributed by atoms with Crippen LogP contribution in [-0.4, -0.2) is 9.52 Å². The van der Waals surface area contributed by atoms with Gasteiger partial charge in [-0.2, -0.15) is 0 Å². The van der Waals surface area contributed by atoms with Crippen LogP contribution in [0.25, 0.3) is 0 Å². The summed E-state index contributed by atoms with van der Waals surface area (Å²) in [6, 6.07) is 10.7. The molecule has 11 heavy (non-hydrogen) atoms. The molecule has 0 unspecified atom stereocenters. The number of hydrogen-bond acceptors (Lipinski definition) is 0. The minimum atomic E-state index is -0.103. The van der Waals surface area contributed by atoms with E-state index in [2.05, 4.69) is 49.0 Å². The van der Waals surface area contributed by atoms with Gasteiger partial charge in [-0.05, 0) is 6.42 Å². The van der Waals surface area contributed by atoms with E-state index in [9.17, 15) is 0 Å². The molecule has 0 aliphatic heterocycles. The zero-order valence-electron chi connectivity index (χ0n) is 6.96. The van der Waals surface area contributed by atoms with Crippen LogP contribution in [0.3, 0.4) is 0 Å². The molecule has 0 bridgehead atoms. The van der Waals surface area contributed by atoms with Gasteiger partial charge in [0.15, 0.2) is 0 Å². The number of benzene rings is 1. The largest absolute Gasteiger partial charge is 0.100 e. The highest BCUT2D eigenvalue weighted by atomic mass is 28.2. The normalized spacial score (nSPS) is 11.7. The highest BCUT2D eigenvalue weighted by molar-refractivity contribution is 6.58.